The number of hydrogen-bond acceptors (Lipinski definition) is 11. The minimum Gasteiger partial charge on any atom is -0.382 e. The Morgan fingerprint density at radius 1 is 1.00 bits per heavy atom. The molecule has 0 saturated carbocycles. The van der Waals surface area contributed by atoms with Crippen LogP contribution in [-0.2, 0) is 4.74 Å². The van der Waals surface area contributed by atoms with Crippen LogP contribution in [0.15, 0.2) is 41.4 Å². The number of ether oxygens (including phenoxy) is 1. The van der Waals surface area contributed by atoms with E-state index in [9.17, 15) is 4.79 Å². The van der Waals surface area contributed by atoms with Gasteiger partial charge in [0.1, 0.15) is 16.5 Å². The molecule has 0 radical (unpaired) electrons. The fourth-order valence-electron chi connectivity index (χ4n) is 5.15. The number of aromatic nitrogens is 3. The molecular formula is C29H36N8O2S2. The Morgan fingerprint density at radius 3 is 2.56 bits per heavy atom. The number of piperazine rings is 1. The van der Waals surface area contributed by atoms with Gasteiger partial charge >= 0.3 is 0 Å². The Bertz CT molecular complexity index is 1470. The van der Waals surface area contributed by atoms with Crippen molar-refractivity contribution in [2.45, 2.75) is 19.9 Å². The van der Waals surface area contributed by atoms with Crippen LogP contribution < -0.4 is 10.6 Å². The molecule has 2 N–H and O–H groups in total. The standard InChI is InChI=1S/C29H36N8O2S2/c1-20(2)32-24-16-27(33-21-3-4-23-26(15-21)41-19-31-23)30-17-22(24)28-34-25(18-40-28)29(38)37-9-7-35(8-10-37)5-6-36-11-13-39-14-12-36/h3-4,15-20H,5-14H2,1-2H3,(H2,30,32,33). The lowest BCUT2D eigenvalue weighted by Gasteiger charge is -2.36. The molecule has 0 atom stereocenters. The molecule has 1 aromatic carbocycles. The van der Waals surface area contributed by atoms with Gasteiger partial charge in [0, 0.05) is 87.4 Å². The van der Waals surface area contributed by atoms with Crippen LogP contribution in [0.3, 0.4) is 0 Å². The number of rotatable bonds is 9. The minimum atomic E-state index is 0.00315. The number of carbonyl (C=O) groups excluding carboxylic acids is 1. The third-order valence-electron chi connectivity index (χ3n) is 7.40. The predicted molar refractivity (Wildman–Crippen MR) is 167 cm³/mol. The SMILES string of the molecule is CC(C)Nc1cc(Nc2ccc3ncsc3c2)ncc1-c1nc(C(=O)N2CCN(CCN3CCOCC3)CC2)cs1. The first-order valence-corrected chi connectivity index (χ1v) is 15.9. The van der Waals surface area contributed by atoms with E-state index in [4.69, 9.17) is 9.72 Å². The molecule has 0 aliphatic carbocycles. The number of carbonyl (C=O) groups is 1. The molecule has 0 unspecified atom stereocenters. The van der Waals surface area contributed by atoms with Gasteiger partial charge in [0.25, 0.3) is 5.91 Å². The predicted octanol–water partition coefficient (Wildman–Crippen LogP) is 4.47. The molecule has 2 saturated heterocycles. The normalized spacial score (nSPS) is 16.9. The van der Waals surface area contributed by atoms with Gasteiger partial charge in [-0.3, -0.25) is 14.6 Å². The fraction of sp³-hybridized carbons (Fsp3) is 0.448. The molecule has 10 nitrogen and oxygen atoms in total. The molecule has 2 aliphatic rings. The lowest BCUT2D eigenvalue weighted by atomic mass is 10.2. The number of benzene rings is 1. The second kappa shape index (κ2) is 12.8. The van der Waals surface area contributed by atoms with Crippen molar-refractivity contribution in [3.8, 4) is 10.6 Å². The average molecular weight is 593 g/mol. The van der Waals surface area contributed by atoms with Crippen LogP contribution >= 0.6 is 22.7 Å². The van der Waals surface area contributed by atoms with Gasteiger partial charge in [-0.25, -0.2) is 15.0 Å². The first-order chi connectivity index (χ1) is 20.0. The molecule has 4 aromatic rings. The number of hydrogen-bond donors (Lipinski definition) is 2. The van der Waals surface area contributed by atoms with Crippen molar-refractivity contribution in [1.29, 1.82) is 0 Å². The molecule has 3 aromatic heterocycles. The van der Waals surface area contributed by atoms with Gasteiger partial charge in [0.15, 0.2) is 0 Å². The lowest BCUT2D eigenvalue weighted by molar-refractivity contribution is 0.0293. The number of anilines is 3. The maximum atomic E-state index is 13.3. The Morgan fingerprint density at radius 2 is 1.78 bits per heavy atom. The van der Waals surface area contributed by atoms with Crippen molar-refractivity contribution in [3.05, 3.63) is 47.0 Å². The van der Waals surface area contributed by atoms with Crippen molar-refractivity contribution in [2.24, 2.45) is 0 Å². The van der Waals surface area contributed by atoms with Crippen molar-refractivity contribution < 1.29 is 9.53 Å². The van der Waals surface area contributed by atoms with E-state index in [0.717, 1.165) is 104 Å². The Hall–Kier alpha value is -3.16. The van der Waals surface area contributed by atoms with Crippen molar-refractivity contribution >= 4 is 56.0 Å². The van der Waals surface area contributed by atoms with Crippen LogP contribution in [-0.4, -0.2) is 107 Å². The topological polar surface area (TPSA) is 98.8 Å². The number of thiazole rings is 2. The van der Waals surface area contributed by atoms with Crippen molar-refractivity contribution in [3.63, 3.8) is 0 Å². The number of amides is 1. The highest BCUT2D eigenvalue weighted by atomic mass is 32.1. The monoisotopic (exact) mass is 592 g/mol. The Kier molecular flexibility index (Phi) is 8.73. The van der Waals surface area contributed by atoms with E-state index < -0.39 is 0 Å². The van der Waals surface area contributed by atoms with E-state index in [1.807, 2.05) is 40.2 Å². The van der Waals surface area contributed by atoms with Gasteiger partial charge in [0.2, 0.25) is 0 Å². The highest BCUT2D eigenvalue weighted by Gasteiger charge is 2.25. The van der Waals surface area contributed by atoms with Crippen LogP contribution in [0.2, 0.25) is 0 Å². The molecule has 1 amide bonds. The summed E-state index contributed by atoms with van der Waals surface area (Å²) in [5.41, 5.74) is 6.12. The molecule has 41 heavy (non-hydrogen) atoms. The molecule has 2 aliphatic heterocycles. The number of nitrogens with zero attached hydrogens (tertiary/aromatic N) is 6. The summed E-state index contributed by atoms with van der Waals surface area (Å²) in [7, 11) is 0. The van der Waals surface area contributed by atoms with Crippen molar-refractivity contribution in [2.75, 3.05) is 76.2 Å². The quantitative estimate of drug-likeness (QED) is 0.292. The summed E-state index contributed by atoms with van der Waals surface area (Å²) in [4.78, 5) is 34.0. The average Bonchev–Trinajstić information content (AvgIpc) is 3.66. The van der Waals surface area contributed by atoms with E-state index in [2.05, 4.69) is 50.3 Å². The zero-order chi connectivity index (χ0) is 28.2. The van der Waals surface area contributed by atoms with Gasteiger partial charge in [-0.1, -0.05) is 0 Å². The largest absolute Gasteiger partial charge is 0.382 e. The second-order valence-electron chi connectivity index (χ2n) is 10.7. The fourth-order valence-corrected chi connectivity index (χ4v) is 6.68. The highest BCUT2D eigenvalue weighted by Crippen LogP contribution is 2.33. The Balaban J connectivity index is 1.10. The number of nitrogens with one attached hydrogen (secondary N) is 2. The van der Waals surface area contributed by atoms with Crippen LogP contribution in [0.25, 0.3) is 20.8 Å². The van der Waals surface area contributed by atoms with Gasteiger partial charge in [-0.2, -0.15) is 0 Å². The maximum Gasteiger partial charge on any atom is 0.273 e. The first-order valence-electron chi connectivity index (χ1n) is 14.2. The number of pyridine rings is 1. The van der Waals surface area contributed by atoms with Crippen LogP contribution in [0.4, 0.5) is 17.2 Å². The van der Waals surface area contributed by atoms with E-state index in [-0.39, 0.29) is 11.9 Å². The number of morpholine rings is 1. The van der Waals surface area contributed by atoms with Gasteiger partial charge in [-0.05, 0) is 32.0 Å². The molecule has 216 valence electrons. The zero-order valence-corrected chi connectivity index (χ0v) is 25.1. The second-order valence-corrected chi connectivity index (χ2v) is 12.4. The zero-order valence-electron chi connectivity index (χ0n) is 23.5. The summed E-state index contributed by atoms with van der Waals surface area (Å²) in [5, 5.41) is 9.60. The third-order valence-corrected chi connectivity index (χ3v) is 9.07. The molecule has 0 bridgehead atoms. The summed E-state index contributed by atoms with van der Waals surface area (Å²) >= 11 is 3.10. The van der Waals surface area contributed by atoms with Crippen LogP contribution in [0, 0.1) is 0 Å². The molecule has 6 rings (SSSR count). The maximum absolute atomic E-state index is 13.3. The van der Waals surface area contributed by atoms with Gasteiger partial charge in [0.05, 0.1) is 34.5 Å². The third kappa shape index (κ3) is 6.84. The van der Waals surface area contributed by atoms with Gasteiger partial charge in [-0.15, -0.1) is 22.7 Å². The Labute approximate surface area is 248 Å². The highest BCUT2D eigenvalue weighted by molar-refractivity contribution is 7.16. The van der Waals surface area contributed by atoms with E-state index >= 15 is 0 Å². The molecule has 2 fully saturated rings. The first kappa shape index (κ1) is 28.0. The summed E-state index contributed by atoms with van der Waals surface area (Å²) in [6.45, 7) is 13.2. The van der Waals surface area contributed by atoms with Crippen LogP contribution in [0.5, 0.6) is 0 Å². The van der Waals surface area contributed by atoms with Crippen LogP contribution in [0.1, 0.15) is 24.3 Å². The summed E-state index contributed by atoms with van der Waals surface area (Å²) in [6, 6.07) is 8.33. The van der Waals surface area contributed by atoms with E-state index in [0.29, 0.717) is 5.69 Å². The van der Waals surface area contributed by atoms with Crippen molar-refractivity contribution in [1.82, 2.24) is 29.7 Å². The minimum absolute atomic E-state index is 0.00315. The molecule has 5 heterocycles. The smallest absolute Gasteiger partial charge is 0.273 e. The van der Waals surface area contributed by atoms with E-state index in [1.165, 1.54) is 11.3 Å². The van der Waals surface area contributed by atoms with E-state index in [1.54, 1.807) is 11.3 Å². The van der Waals surface area contributed by atoms with Gasteiger partial charge < -0.3 is 20.3 Å². The summed E-state index contributed by atoms with van der Waals surface area (Å²) < 4.78 is 6.57. The number of fused-ring (bicyclic) bond motifs is 1. The lowest BCUT2D eigenvalue weighted by Crippen LogP contribution is -2.51. The summed E-state index contributed by atoms with van der Waals surface area (Å²) in [6.07, 6.45) is 1.83. The molecule has 0 spiro atoms. The molecular weight excluding hydrogens is 557 g/mol. The summed E-state index contributed by atoms with van der Waals surface area (Å²) in [5.74, 6) is 0.739. The molecule has 12 heteroatoms.